The molecule has 1 amide bonds. The molecule has 2 aromatic carbocycles. The first kappa shape index (κ1) is 23.5. The minimum atomic E-state index is 0.0416. The lowest BCUT2D eigenvalue weighted by Crippen LogP contribution is -2.48. The molecule has 0 saturated carbocycles. The number of piperazine rings is 1. The van der Waals surface area contributed by atoms with Crippen LogP contribution in [0.5, 0.6) is 5.75 Å². The van der Waals surface area contributed by atoms with Crippen LogP contribution in [0.1, 0.15) is 19.4 Å². The maximum Gasteiger partial charge on any atom is 0.238 e. The quantitative estimate of drug-likeness (QED) is 0.697. The van der Waals surface area contributed by atoms with Crippen LogP contribution in [0.4, 0.5) is 11.4 Å². The number of nitrogens with zero attached hydrogens (tertiary/aromatic N) is 3. The van der Waals surface area contributed by atoms with Crippen molar-refractivity contribution < 1.29 is 14.3 Å². The standard InChI is InChI=1S/C26H36N4O3/c1-20-16-30(17-21(2)33-20)24-8-6-23(7-9-24)27-26(31)19-29-14-12-28(13-15-29)18-22-4-10-25(32-3)11-5-22/h4-11,20-21H,12-19H2,1-3H3,(H,27,31). The van der Waals surface area contributed by atoms with E-state index in [2.05, 4.69) is 58.1 Å². The molecule has 2 aliphatic rings. The Morgan fingerprint density at radius 3 is 2.15 bits per heavy atom. The molecule has 1 N–H and O–H groups in total. The number of ether oxygens (including phenoxy) is 2. The molecule has 7 nitrogen and oxygen atoms in total. The summed E-state index contributed by atoms with van der Waals surface area (Å²) in [4.78, 5) is 19.6. The van der Waals surface area contributed by atoms with Crippen molar-refractivity contribution in [2.24, 2.45) is 0 Å². The highest BCUT2D eigenvalue weighted by Gasteiger charge is 2.22. The number of methoxy groups -OCH3 is 1. The zero-order valence-corrected chi connectivity index (χ0v) is 20.0. The van der Waals surface area contributed by atoms with E-state index in [4.69, 9.17) is 9.47 Å². The van der Waals surface area contributed by atoms with E-state index in [0.29, 0.717) is 6.54 Å². The van der Waals surface area contributed by atoms with Crippen molar-refractivity contribution >= 4 is 17.3 Å². The first-order chi connectivity index (χ1) is 16.0. The van der Waals surface area contributed by atoms with Gasteiger partial charge in [-0.15, -0.1) is 0 Å². The number of morpholine rings is 1. The number of amides is 1. The van der Waals surface area contributed by atoms with Gasteiger partial charge in [-0.25, -0.2) is 0 Å². The molecule has 2 aromatic rings. The van der Waals surface area contributed by atoms with Crippen LogP contribution in [0.2, 0.25) is 0 Å². The molecule has 0 aliphatic carbocycles. The number of rotatable bonds is 7. The Morgan fingerprint density at radius 2 is 1.55 bits per heavy atom. The van der Waals surface area contributed by atoms with Crippen molar-refractivity contribution in [3.8, 4) is 5.75 Å². The van der Waals surface area contributed by atoms with E-state index in [0.717, 1.165) is 57.3 Å². The molecule has 0 aromatic heterocycles. The Labute approximate surface area is 197 Å². The molecule has 2 aliphatic heterocycles. The Kier molecular flexibility index (Phi) is 7.85. The summed E-state index contributed by atoms with van der Waals surface area (Å²) in [5.74, 6) is 0.925. The Bertz CT molecular complexity index is 885. The lowest BCUT2D eigenvalue weighted by Gasteiger charge is -2.37. The maximum absolute atomic E-state index is 12.6. The monoisotopic (exact) mass is 452 g/mol. The lowest BCUT2D eigenvalue weighted by molar-refractivity contribution is -0.117. The number of nitrogens with one attached hydrogen (secondary N) is 1. The van der Waals surface area contributed by atoms with Gasteiger partial charge in [0.05, 0.1) is 25.9 Å². The highest BCUT2D eigenvalue weighted by Crippen LogP contribution is 2.22. The van der Waals surface area contributed by atoms with Gasteiger partial charge in [0.15, 0.2) is 0 Å². The van der Waals surface area contributed by atoms with E-state index < -0.39 is 0 Å². The molecule has 0 bridgehead atoms. The van der Waals surface area contributed by atoms with Crippen LogP contribution in [-0.4, -0.2) is 80.8 Å². The van der Waals surface area contributed by atoms with Crippen LogP contribution in [0.25, 0.3) is 0 Å². The molecule has 2 heterocycles. The summed E-state index contributed by atoms with van der Waals surface area (Å²) in [6.45, 7) is 11.1. The summed E-state index contributed by atoms with van der Waals surface area (Å²) < 4.78 is 11.0. The molecular weight excluding hydrogens is 416 g/mol. The predicted octanol–water partition coefficient (Wildman–Crippen LogP) is 3.07. The van der Waals surface area contributed by atoms with Gasteiger partial charge < -0.3 is 19.7 Å². The summed E-state index contributed by atoms with van der Waals surface area (Å²) in [6, 6.07) is 16.4. The van der Waals surface area contributed by atoms with Crippen molar-refractivity contribution in [2.45, 2.75) is 32.6 Å². The van der Waals surface area contributed by atoms with Gasteiger partial charge in [-0.3, -0.25) is 14.6 Å². The zero-order valence-electron chi connectivity index (χ0n) is 20.0. The molecule has 178 valence electrons. The van der Waals surface area contributed by atoms with Crippen molar-refractivity contribution in [3.63, 3.8) is 0 Å². The molecule has 4 rings (SSSR count). The van der Waals surface area contributed by atoms with Gasteiger partial charge in [-0.2, -0.15) is 0 Å². The fraction of sp³-hybridized carbons (Fsp3) is 0.500. The van der Waals surface area contributed by atoms with Crippen LogP contribution in [-0.2, 0) is 16.1 Å². The topological polar surface area (TPSA) is 57.3 Å². The normalized spacial score (nSPS) is 22.2. The maximum atomic E-state index is 12.6. The third kappa shape index (κ3) is 6.69. The van der Waals surface area contributed by atoms with Gasteiger partial charge in [0.25, 0.3) is 0 Å². The number of hydrogen-bond acceptors (Lipinski definition) is 6. The van der Waals surface area contributed by atoms with Gasteiger partial charge >= 0.3 is 0 Å². The summed E-state index contributed by atoms with van der Waals surface area (Å²) >= 11 is 0. The largest absolute Gasteiger partial charge is 0.497 e. The Hall–Kier alpha value is -2.61. The molecular formula is C26H36N4O3. The predicted molar refractivity (Wildman–Crippen MR) is 132 cm³/mol. The number of hydrogen-bond donors (Lipinski definition) is 1. The molecule has 2 fully saturated rings. The zero-order chi connectivity index (χ0) is 23.2. The van der Waals surface area contributed by atoms with E-state index in [1.165, 1.54) is 11.3 Å². The molecule has 7 heteroatoms. The van der Waals surface area contributed by atoms with Crippen LogP contribution in [0.3, 0.4) is 0 Å². The number of anilines is 2. The molecule has 0 spiro atoms. The molecule has 2 saturated heterocycles. The van der Waals surface area contributed by atoms with Gasteiger partial charge in [0, 0.05) is 57.2 Å². The first-order valence-electron chi connectivity index (χ1n) is 11.9. The van der Waals surface area contributed by atoms with E-state index in [-0.39, 0.29) is 18.1 Å². The molecule has 2 unspecified atom stereocenters. The highest BCUT2D eigenvalue weighted by molar-refractivity contribution is 5.92. The smallest absolute Gasteiger partial charge is 0.238 e. The second-order valence-electron chi connectivity index (χ2n) is 9.16. The summed E-state index contributed by atoms with van der Waals surface area (Å²) in [5, 5.41) is 3.05. The summed E-state index contributed by atoms with van der Waals surface area (Å²) in [7, 11) is 1.69. The van der Waals surface area contributed by atoms with Crippen LogP contribution in [0.15, 0.2) is 48.5 Å². The number of benzene rings is 2. The third-order valence-corrected chi connectivity index (χ3v) is 6.33. The average Bonchev–Trinajstić information content (AvgIpc) is 2.81. The van der Waals surface area contributed by atoms with Crippen LogP contribution < -0.4 is 15.0 Å². The van der Waals surface area contributed by atoms with E-state index in [1.807, 2.05) is 24.3 Å². The second kappa shape index (κ2) is 11.0. The fourth-order valence-corrected chi connectivity index (χ4v) is 4.64. The van der Waals surface area contributed by atoms with E-state index in [9.17, 15) is 4.79 Å². The van der Waals surface area contributed by atoms with Gasteiger partial charge in [0.1, 0.15) is 5.75 Å². The van der Waals surface area contributed by atoms with E-state index >= 15 is 0 Å². The van der Waals surface area contributed by atoms with Crippen molar-refractivity contribution in [1.82, 2.24) is 9.80 Å². The minimum absolute atomic E-state index is 0.0416. The molecule has 33 heavy (non-hydrogen) atoms. The third-order valence-electron chi connectivity index (χ3n) is 6.33. The van der Waals surface area contributed by atoms with Gasteiger partial charge in [0.2, 0.25) is 5.91 Å². The fourth-order valence-electron chi connectivity index (χ4n) is 4.64. The first-order valence-corrected chi connectivity index (χ1v) is 11.9. The summed E-state index contributed by atoms with van der Waals surface area (Å²) in [6.07, 6.45) is 0.453. The molecule has 2 atom stereocenters. The number of carbonyl (C=O) groups excluding carboxylic acids is 1. The lowest BCUT2D eigenvalue weighted by atomic mass is 10.2. The van der Waals surface area contributed by atoms with Crippen LogP contribution >= 0.6 is 0 Å². The average molecular weight is 453 g/mol. The SMILES string of the molecule is COc1ccc(CN2CCN(CC(=O)Nc3ccc(N4CC(C)OC(C)C4)cc3)CC2)cc1. The van der Waals surface area contributed by atoms with Gasteiger partial charge in [-0.1, -0.05) is 12.1 Å². The van der Waals surface area contributed by atoms with Crippen LogP contribution in [0, 0.1) is 0 Å². The van der Waals surface area contributed by atoms with E-state index in [1.54, 1.807) is 7.11 Å². The molecule has 0 radical (unpaired) electrons. The minimum Gasteiger partial charge on any atom is -0.497 e. The van der Waals surface area contributed by atoms with Crippen molar-refractivity contribution in [3.05, 3.63) is 54.1 Å². The Balaban J connectivity index is 1.20. The van der Waals surface area contributed by atoms with Gasteiger partial charge in [-0.05, 0) is 55.8 Å². The summed E-state index contributed by atoms with van der Waals surface area (Å²) in [5.41, 5.74) is 3.30. The highest BCUT2D eigenvalue weighted by atomic mass is 16.5. The number of carbonyl (C=O) groups is 1. The van der Waals surface area contributed by atoms with Crippen molar-refractivity contribution in [2.75, 3.05) is 63.1 Å². The second-order valence-corrected chi connectivity index (χ2v) is 9.16. The Morgan fingerprint density at radius 1 is 0.939 bits per heavy atom. The van der Waals surface area contributed by atoms with Crippen molar-refractivity contribution in [1.29, 1.82) is 0 Å².